The van der Waals surface area contributed by atoms with Gasteiger partial charge >= 0.3 is 0 Å². The van der Waals surface area contributed by atoms with Gasteiger partial charge in [-0.25, -0.2) is 0 Å². The molecule has 0 heterocycles. The summed E-state index contributed by atoms with van der Waals surface area (Å²) in [6.45, 7) is 12.8. The molecule has 1 heteroatoms. The van der Waals surface area contributed by atoms with Gasteiger partial charge in [0.1, 0.15) is 0 Å². The highest BCUT2D eigenvalue weighted by Gasteiger charge is 2.05. The highest BCUT2D eigenvalue weighted by atomic mass is 14.9. The molecule has 25 heavy (non-hydrogen) atoms. The van der Waals surface area contributed by atoms with Gasteiger partial charge in [-0.15, -0.1) is 0 Å². The molecule has 140 valence electrons. The van der Waals surface area contributed by atoms with Crippen molar-refractivity contribution >= 4 is 5.69 Å². The average Bonchev–Trinajstić information content (AvgIpc) is 2.67. The van der Waals surface area contributed by atoms with Crippen molar-refractivity contribution in [1.82, 2.24) is 0 Å². The predicted molar refractivity (Wildman–Crippen MR) is 116 cm³/mol. The third-order valence-corrected chi connectivity index (χ3v) is 3.95. The molecule has 2 rings (SSSR count). The summed E-state index contributed by atoms with van der Waals surface area (Å²) >= 11 is 0. The fraction of sp³-hybridized carbons (Fsp3) is 0.500. The Kier molecular flexibility index (Phi) is 14.6. The van der Waals surface area contributed by atoms with E-state index in [4.69, 9.17) is 0 Å². The van der Waals surface area contributed by atoms with Crippen molar-refractivity contribution in [3.63, 3.8) is 0 Å². The smallest absolute Gasteiger partial charge is 0.0342 e. The summed E-state index contributed by atoms with van der Waals surface area (Å²) in [7, 11) is 0. The fourth-order valence-electron chi connectivity index (χ4n) is 2.58. The minimum atomic E-state index is 0.641. The zero-order valence-electron chi connectivity index (χ0n) is 17.3. The highest BCUT2D eigenvalue weighted by Crippen LogP contribution is 2.14. The minimum absolute atomic E-state index is 0.641. The molecule has 0 aliphatic rings. The van der Waals surface area contributed by atoms with Crippen LogP contribution < -0.4 is 5.32 Å². The van der Waals surface area contributed by atoms with Crippen molar-refractivity contribution in [3.05, 3.63) is 65.7 Å². The second-order valence-electron chi connectivity index (χ2n) is 6.12. The maximum absolute atomic E-state index is 3.61. The van der Waals surface area contributed by atoms with Crippen LogP contribution in [0, 0.1) is 6.92 Å². The quantitative estimate of drug-likeness (QED) is 0.545. The van der Waals surface area contributed by atoms with Crippen LogP contribution in [0.25, 0.3) is 0 Å². The van der Waals surface area contributed by atoms with Crippen molar-refractivity contribution in [2.75, 3.05) is 5.32 Å². The zero-order valence-corrected chi connectivity index (χ0v) is 17.3. The predicted octanol–water partition coefficient (Wildman–Crippen LogP) is 7.65. The van der Waals surface area contributed by atoms with Gasteiger partial charge in [0.15, 0.2) is 0 Å². The van der Waals surface area contributed by atoms with Crippen LogP contribution >= 0.6 is 0 Å². The van der Waals surface area contributed by atoms with Crippen molar-refractivity contribution < 1.29 is 0 Å². The molecular weight excluding hydrogens is 302 g/mol. The number of hydrogen-bond donors (Lipinski definition) is 1. The molecular formula is C24H39N. The maximum atomic E-state index is 3.61. The second-order valence-corrected chi connectivity index (χ2v) is 6.12. The Bertz CT molecular complexity index is 495. The first kappa shape index (κ1) is 23.2. The van der Waals surface area contributed by atoms with Gasteiger partial charge in [-0.1, -0.05) is 95.5 Å². The van der Waals surface area contributed by atoms with Gasteiger partial charge in [0, 0.05) is 11.7 Å². The van der Waals surface area contributed by atoms with E-state index in [9.17, 15) is 0 Å². The average molecular weight is 342 g/mol. The van der Waals surface area contributed by atoms with Gasteiger partial charge in [0.05, 0.1) is 0 Å². The SMILES string of the molecule is CC.CCCC(CCC)Nc1ccc(C)cc1.CCc1ccccc1. The number of rotatable bonds is 7. The summed E-state index contributed by atoms with van der Waals surface area (Å²) in [6, 6.07) is 19.8. The zero-order chi connectivity index (χ0) is 18.9. The first-order valence-electron chi connectivity index (χ1n) is 10.1. The fourth-order valence-corrected chi connectivity index (χ4v) is 2.58. The third-order valence-electron chi connectivity index (χ3n) is 3.95. The minimum Gasteiger partial charge on any atom is -0.382 e. The van der Waals surface area contributed by atoms with E-state index in [0.717, 1.165) is 6.42 Å². The van der Waals surface area contributed by atoms with Gasteiger partial charge in [0.2, 0.25) is 0 Å². The Balaban J connectivity index is 0.000000483. The maximum Gasteiger partial charge on any atom is 0.0342 e. The number of nitrogens with one attached hydrogen (secondary N) is 1. The van der Waals surface area contributed by atoms with Crippen molar-refractivity contribution in [1.29, 1.82) is 0 Å². The molecule has 0 radical (unpaired) electrons. The molecule has 0 spiro atoms. The summed E-state index contributed by atoms with van der Waals surface area (Å²) in [5.41, 5.74) is 3.99. The van der Waals surface area contributed by atoms with E-state index in [0.29, 0.717) is 6.04 Å². The Morgan fingerprint density at radius 3 is 1.68 bits per heavy atom. The van der Waals surface area contributed by atoms with Gasteiger partial charge in [-0.05, 0) is 43.9 Å². The van der Waals surface area contributed by atoms with Crippen LogP contribution in [0.15, 0.2) is 54.6 Å². The summed E-state index contributed by atoms with van der Waals surface area (Å²) in [6.07, 6.45) is 6.18. The van der Waals surface area contributed by atoms with Crippen molar-refractivity contribution in [3.8, 4) is 0 Å². The molecule has 0 atom stereocenters. The lowest BCUT2D eigenvalue weighted by Crippen LogP contribution is -2.18. The van der Waals surface area contributed by atoms with Gasteiger partial charge in [0.25, 0.3) is 0 Å². The molecule has 0 aliphatic carbocycles. The normalized spacial score (nSPS) is 9.56. The molecule has 1 nitrogen and oxygen atoms in total. The molecule has 0 fully saturated rings. The van der Waals surface area contributed by atoms with E-state index >= 15 is 0 Å². The monoisotopic (exact) mass is 341 g/mol. The van der Waals surface area contributed by atoms with Gasteiger partial charge in [-0.3, -0.25) is 0 Å². The summed E-state index contributed by atoms with van der Waals surface area (Å²) in [5.74, 6) is 0. The van der Waals surface area contributed by atoms with Gasteiger partial charge in [-0.2, -0.15) is 0 Å². The molecule has 0 saturated heterocycles. The second kappa shape index (κ2) is 15.7. The van der Waals surface area contributed by atoms with Crippen LogP contribution in [0.3, 0.4) is 0 Å². The molecule has 0 unspecified atom stereocenters. The first-order chi connectivity index (χ1) is 12.2. The largest absolute Gasteiger partial charge is 0.382 e. The number of benzene rings is 2. The van der Waals surface area contributed by atoms with Crippen LogP contribution in [0.1, 0.15) is 71.4 Å². The van der Waals surface area contributed by atoms with Gasteiger partial charge < -0.3 is 5.32 Å². The molecule has 0 amide bonds. The first-order valence-corrected chi connectivity index (χ1v) is 10.1. The van der Waals surface area contributed by atoms with Crippen LogP contribution in [-0.2, 0) is 6.42 Å². The van der Waals surface area contributed by atoms with Crippen LogP contribution in [-0.4, -0.2) is 6.04 Å². The van der Waals surface area contributed by atoms with Crippen LogP contribution in [0.5, 0.6) is 0 Å². The Hall–Kier alpha value is -1.76. The molecule has 1 N–H and O–H groups in total. The lowest BCUT2D eigenvalue weighted by Gasteiger charge is -2.18. The Labute approximate surface area is 156 Å². The number of anilines is 1. The van der Waals surface area contributed by atoms with E-state index < -0.39 is 0 Å². The number of aryl methyl sites for hydroxylation is 2. The van der Waals surface area contributed by atoms with Crippen LogP contribution in [0.2, 0.25) is 0 Å². The molecule has 0 aliphatic heterocycles. The van der Waals surface area contributed by atoms with E-state index in [2.05, 4.69) is 81.5 Å². The molecule has 0 saturated carbocycles. The summed E-state index contributed by atoms with van der Waals surface area (Å²) in [4.78, 5) is 0. The van der Waals surface area contributed by atoms with Crippen LogP contribution in [0.4, 0.5) is 5.69 Å². The van der Waals surface area contributed by atoms with Crippen molar-refractivity contribution in [2.24, 2.45) is 0 Å². The van der Waals surface area contributed by atoms with E-state index in [-0.39, 0.29) is 0 Å². The van der Waals surface area contributed by atoms with E-state index in [1.54, 1.807) is 0 Å². The molecule has 2 aromatic rings. The summed E-state index contributed by atoms with van der Waals surface area (Å²) < 4.78 is 0. The van der Waals surface area contributed by atoms with E-state index in [1.807, 2.05) is 19.9 Å². The topological polar surface area (TPSA) is 12.0 Å². The molecule has 0 bridgehead atoms. The molecule has 0 aromatic heterocycles. The molecule has 2 aromatic carbocycles. The number of hydrogen-bond acceptors (Lipinski definition) is 1. The van der Waals surface area contributed by atoms with E-state index in [1.165, 1.54) is 42.5 Å². The Morgan fingerprint density at radius 2 is 1.28 bits per heavy atom. The third kappa shape index (κ3) is 11.4. The lowest BCUT2D eigenvalue weighted by molar-refractivity contribution is 0.586. The summed E-state index contributed by atoms with van der Waals surface area (Å²) in [5, 5.41) is 3.61. The standard InChI is InChI=1S/C14H23N.C8H10.C2H6/c1-4-6-13(7-5-2)15-14-10-8-12(3)9-11-14;1-2-8-6-4-3-5-7-8;1-2/h8-11,13,15H,4-7H2,1-3H3;3-7H,2H2,1H3;1-2H3. The Morgan fingerprint density at radius 1 is 0.760 bits per heavy atom. The highest BCUT2D eigenvalue weighted by molar-refractivity contribution is 5.45. The lowest BCUT2D eigenvalue weighted by atomic mass is 10.1. The van der Waals surface area contributed by atoms with Crippen molar-refractivity contribution in [2.45, 2.75) is 79.7 Å².